The molecule has 0 amide bonds. The van der Waals surface area contributed by atoms with E-state index in [0.717, 1.165) is 30.9 Å². The van der Waals surface area contributed by atoms with E-state index in [1.807, 2.05) is 0 Å². The molecular formula is C15H20F3NO. The predicted octanol–water partition coefficient (Wildman–Crippen LogP) is 3.91. The van der Waals surface area contributed by atoms with Gasteiger partial charge in [0.1, 0.15) is 5.75 Å². The van der Waals surface area contributed by atoms with Gasteiger partial charge in [-0.05, 0) is 43.0 Å². The molecule has 0 spiro atoms. The van der Waals surface area contributed by atoms with Gasteiger partial charge >= 0.3 is 6.36 Å². The van der Waals surface area contributed by atoms with E-state index in [4.69, 9.17) is 0 Å². The lowest BCUT2D eigenvalue weighted by Crippen LogP contribution is -2.31. The Bertz CT molecular complexity index is 412. The Morgan fingerprint density at radius 2 is 1.90 bits per heavy atom. The van der Waals surface area contributed by atoms with Crippen molar-refractivity contribution < 1.29 is 17.9 Å². The fraction of sp³-hybridized carbons (Fsp3) is 0.600. The van der Waals surface area contributed by atoms with E-state index in [1.54, 1.807) is 12.1 Å². The first-order chi connectivity index (χ1) is 9.46. The summed E-state index contributed by atoms with van der Waals surface area (Å²) >= 11 is 0. The van der Waals surface area contributed by atoms with E-state index in [1.165, 1.54) is 25.0 Å². The highest BCUT2D eigenvalue weighted by atomic mass is 19.4. The Labute approximate surface area is 117 Å². The van der Waals surface area contributed by atoms with Crippen molar-refractivity contribution in [1.82, 2.24) is 5.32 Å². The predicted molar refractivity (Wildman–Crippen MR) is 71.6 cm³/mol. The van der Waals surface area contributed by atoms with Gasteiger partial charge in [0.05, 0.1) is 0 Å². The molecule has 0 heterocycles. The molecule has 0 bridgehead atoms. The summed E-state index contributed by atoms with van der Waals surface area (Å²) in [5, 5.41) is 3.44. The van der Waals surface area contributed by atoms with Crippen LogP contribution in [0.25, 0.3) is 0 Å². The molecule has 0 radical (unpaired) electrons. The normalized spacial score (nSPS) is 17.0. The first kappa shape index (κ1) is 15.2. The van der Waals surface area contributed by atoms with Gasteiger partial charge < -0.3 is 10.1 Å². The topological polar surface area (TPSA) is 21.3 Å². The van der Waals surface area contributed by atoms with Crippen molar-refractivity contribution in [2.24, 2.45) is 5.92 Å². The number of hydrogen-bond donors (Lipinski definition) is 1. The molecule has 2 rings (SSSR count). The second kappa shape index (κ2) is 6.48. The van der Waals surface area contributed by atoms with Crippen molar-refractivity contribution in [2.45, 2.75) is 45.0 Å². The van der Waals surface area contributed by atoms with Crippen LogP contribution in [-0.4, -0.2) is 18.9 Å². The molecule has 1 fully saturated rings. The highest BCUT2D eigenvalue weighted by Crippen LogP contribution is 2.34. The van der Waals surface area contributed by atoms with Crippen LogP contribution < -0.4 is 10.1 Å². The van der Waals surface area contributed by atoms with Gasteiger partial charge in [0.2, 0.25) is 0 Å². The lowest BCUT2D eigenvalue weighted by atomic mass is 10.0. The SMILES string of the molecule is CCNC(Cc1ccc(OC(F)(F)F)cc1)CC1CC1. The average molecular weight is 287 g/mol. The van der Waals surface area contributed by atoms with Crippen LogP contribution in [0, 0.1) is 5.92 Å². The number of nitrogens with one attached hydrogen (secondary N) is 1. The first-order valence-electron chi connectivity index (χ1n) is 7.04. The Morgan fingerprint density at radius 3 is 2.40 bits per heavy atom. The number of halogens is 3. The third-order valence-corrected chi connectivity index (χ3v) is 3.45. The van der Waals surface area contributed by atoms with Crippen molar-refractivity contribution in [3.05, 3.63) is 29.8 Å². The van der Waals surface area contributed by atoms with Crippen LogP contribution in [0.3, 0.4) is 0 Å². The maximum absolute atomic E-state index is 12.1. The second-order valence-electron chi connectivity index (χ2n) is 5.33. The van der Waals surface area contributed by atoms with Crippen LogP contribution in [0.4, 0.5) is 13.2 Å². The minimum absolute atomic E-state index is 0.163. The molecule has 1 atom stereocenters. The molecule has 1 aliphatic carbocycles. The molecule has 1 saturated carbocycles. The van der Waals surface area contributed by atoms with Crippen molar-refractivity contribution >= 4 is 0 Å². The quantitative estimate of drug-likeness (QED) is 0.821. The van der Waals surface area contributed by atoms with Gasteiger partial charge in [-0.25, -0.2) is 0 Å². The summed E-state index contributed by atoms with van der Waals surface area (Å²) in [6.45, 7) is 2.98. The molecule has 0 saturated heterocycles. The van der Waals surface area contributed by atoms with Crippen LogP contribution >= 0.6 is 0 Å². The fourth-order valence-corrected chi connectivity index (χ4v) is 2.40. The Morgan fingerprint density at radius 1 is 1.25 bits per heavy atom. The van der Waals surface area contributed by atoms with Gasteiger partial charge in [-0.15, -0.1) is 13.2 Å². The van der Waals surface area contributed by atoms with Gasteiger partial charge in [-0.3, -0.25) is 0 Å². The molecule has 1 N–H and O–H groups in total. The zero-order valence-electron chi connectivity index (χ0n) is 11.5. The van der Waals surface area contributed by atoms with E-state index < -0.39 is 6.36 Å². The molecule has 20 heavy (non-hydrogen) atoms. The fourth-order valence-electron chi connectivity index (χ4n) is 2.40. The molecular weight excluding hydrogens is 267 g/mol. The van der Waals surface area contributed by atoms with Crippen LogP contribution in [0.2, 0.25) is 0 Å². The van der Waals surface area contributed by atoms with Crippen LogP contribution in [-0.2, 0) is 6.42 Å². The Hall–Kier alpha value is -1.23. The summed E-state index contributed by atoms with van der Waals surface area (Å²) in [4.78, 5) is 0. The largest absolute Gasteiger partial charge is 0.573 e. The minimum atomic E-state index is -4.63. The molecule has 2 nitrogen and oxygen atoms in total. The second-order valence-corrected chi connectivity index (χ2v) is 5.33. The molecule has 1 aromatic carbocycles. The van der Waals surface area contributed by atoms with E-state index in [-0.39, 0.29) is 5.75 Å². The van der Waals surface area contributed by atoms with Crippen molar-refractivity contribution in [1.29, 1.82) is 0 Å². The third kappa shape index (κ3) is 5.41. The average Bonchev–Trinajstić information content (AvgIpc) is 3.14. The standard InChI is InChI=1S/C15H20F3NO/c1-2-19-13(9-11-3-4-11)10-12-5-7-14(8-6-12)20-15(16,17)18/h5-8,11,13,19H,2-4,9-10H2,1H3. The summed E-state index contributed by atoms with van der Waals surface area (Å²) < 4.78 is 40.1. The molecule has 0 aromatic heterocycles. The monoisotopic (exact) mass is 287 g/mol. The number of likely N-dealkylation sites (N-methyl/N-ethyl adjacent to an activating group) is 1. The molecule has 1 unspecified atom stereocenters. The van der Waals surface area contributed by atoms with Crippen LogP contribution in [0.1, 0.15) is 31.7 Å². The smallest absolute Gasteiger partial charge is 0.406 e. The molecule has 112 valence electrons. The highest BCUT2D eigenvalue weighted by molar-refractivity contribution is 5.28. The van der Waals surface area contributed by atoms with Crippen molar-refractivity contribution in [3.8, 4) is 5.75 Å². The van der Waals surface area contributed by atoms with Gasteiger partial charge in [-0.1, -0.05) is 31.9 Å². The number of rotatable bonds is 7. The van der Waals surface area contributed by atoms with Gasteiger partial charge in [0, 0.05) is 6.04 Å². The molecule has 1 aromatic rings. The summed E-state index contributed by atoms with van der Waals surface area (Å²) in [5.74, 6) is 0.662. The Balaban J connectivity index is 1.90. The van der Waals surface area contributed by atoms with Crippen molar-refractivity contribution in [2.75, 3.05) is 6.54 Å². The van der Waals surface area contributed by atoms with Crippen LogP contribution in [0.15, 0.2) is 24.3 Å². The maximum Gasteiger partial charge on any atom is 0.573 e. The van der Waals surface area contributed by atoms with E-state index >= 15 is 0 Å². The zero-order valence-corrected chi connectivity index (χ0v) is 11.5. The lowest BCUT2D eigenvalue weighted by molar-refractivity contribution is -0.274. The summed E-state index contributed by atoms with van der Waals surface area (Å²) in [6, 6.07) is 6.57. The third-order valence-electron chi connectivity index (χ3n) is 3.45. The van der Waals surface area contributed by atoms with E-state index in [9.17, 15) is 13.2 Å². The van der Waals surface area contributed by atoms with Gasteiger partial charge in [-0.2, -0.15) is 0 Å². The number of alkyl halides is 3. The van der Waals surface area contributed by atoms with Gasteiger partial charge in [0.25, 0.3) is 0 Å². The number of ether oxygens (including phenoxy) is 1. The highest BCUT2D eigenvalue weighted by Gasteiger charge is 2.31. The summed E-state index contributed by atoms with van der Waals surface area (Å²) in [6.07, 6.45) is -0.0222. The molecule has 1 aliphatic rings. The summed E-state index contributed by atoms with van der Waals surface area (Å²) in [7, 11) is 0. The first-order valence-corrected chi connectivity index (χ1v) is 7.04. The van der Waals surface area contributed by atoms with E-state index in [2.05, 4.69) is 17.0 Å². The number of benzene rings is 1. The van der Waals surface area contributed by atoms with Crippen LogP contribution in [0.5, 0.6) is 5.75 Å². The van der Waals surface area contributed by atoms with E-state index in [0.29, 0.717) is 6.04 Å². The molecule has 5 heteroatoms. The summed E-state index contributed by atoms with van der Waals surface area (Å²) in [5.41, 5.74) is 1.03. The zero-order chi connectivity index (χ0) is 14.6. The number of hydrogen-bond acceptors (Lipinski definition) is 2. The minimum Gasteiger partial charge on any atom is -0.406 e. The lowest BCUT2D eigenvalue weighted by Gasteiger charge is -2.18. The Kier molecular flexibility index (Phi) is 4.91. The molecule has 0 aliphatic heterocycles. The van der Waals surface area contributed by atoms with Crippen molar-refractivity contribution in [3.63, 3.8) is 0 Å². The van der Waals surface area contributed by atoms with Gasteiger partial charge in [0.15, 0.2) is 0 Å². The maximum atomic E-state index is 12.1.